The number of ether oxygens (including phenoxy) is 1. The van der Waals surface area contributed by atoms with E-state index in [1.165, 1.54) is 25.3 Å². The second-order valence-corrected chi connectivity index (χ2v) is 8.62. The van der Waals surface area contributed by atoms with Crippen molar-refractivity contribution in [2.45, 2.75) is 6.54 Å². The highest BCUT2D eigenvalue weighted by Gasteiger charge is 2.36. The number of benzene rings is 2. The second kappa shape index (κ2) is 9.30. The van der Waals surface area contributed by atoms with Crippen molar-refractivity contribution < 1.29 is 23.7 Å². The molecule has 1 saturated heterocycles. The lowest BCUT2D eigenvalue weighted by Crippen LogP contribution is -2.27. The number of carbonyl (C=O) groups is 2. The third kappa shape index (κ3) is 4.61. The summed E-state index contributed by atoms with van der Waals surface area (Å²) in [6.07, 6.45) is 1.41. The van der Waals surface area contributed by atoms with E-state index in [0.717, 1.165) is 16.7 Å². The Morgan fingerprint density at radius 1 is 1.15 bits per heavy atom. The van der Waals surface area contributed by atoms with Crippen LogP contribution in [0.4, 0.5) is 10.5 Å². The molecule has 1 aliphatic rings. The molecule has 0 unspecified atom stereocenters. The fraction of sp³-hybridized carbons (Fsp3) is 0.0909. The van der Waals surface area contributed by atoms with Crippen LogP contribution < -0.4 is 4.74 Å². The highest BCUT2D eigenvalue weighted by molar-refractivity contribution is 8.18. The molecular formula is C22H14Cl2N2O6S. The summed E-state index contributed by atoms with van der Waals surface area (Å²) in [7, 11) is 1.41. The molecule has 0 N–H and O–H groups in total. The summed E-state index contributed by atoms with van der Waals surface area (Å²) < 4.78 is 10.8. The molecule has 2 aromatic carbocycles. The predicted octanol–water partition coefficient (Wildman–Crippen LogP) is 6.41. The maximum Gasteiger partial charge on any atom is 0.293 e. The highest BCUT2D eigenvalue weighted by Crippen LogP contribution is 2.38. The molecule has 0 bridgehead atoms. The number of halogens is 2. The summed E-state index contributed by atoms with van der Waals surface area (Å²) >= 11 is 13.1. The Hall–Kier alpha value is -3.27. The van der Waals surface area contributed by atoms with Crippen molar-refractivity contribution in [2.75, 3.05) is 7.11 Å². The van der Waals surface area contributed by atoms with E-state index in [2.05, 4.69) is 0 Å². The molecule has 1 fully saturated rings. The van der Waals surface area contributed by atoms with Gasteiger partial charge in [0, 0.05) is 21.7 Å². The monoisotopic (exact) mass is 504 g/mol. The molecule has 8 nitrogen and oxygen atoms in total. The minimum atomic E-state index is -0.536. The van der Waals surface area contributed by atoms with E-state index in [1.807, 2.05) is 0 Å². The Labute approximate surface area is 201 Å². The first-order valence-corrected chi connectivity index (χ1v) is 11.0. The van der Waals surface area contributed by atoms with Crippen molar-refractivity contribution >= 4 is 57.9 Å². The van der Waals surface area contributed by atoms with Crippen molar-refractivity contribution in [1.82, 2.24) is 4.90 Å². The minimum Gasteiger partial charge on any atom is -0.497 e. The van der Waals surface area contributed by atoms with Crippen LogP contribution >= 0.6 is 35.0 Å². The average molecular weight is 505 g/mol. The van der Waals surface area contributed by atoms with Gasteiger partial charge in [-0.3, -0.25) is 24.6 Å². The van der Waals surface area contributed by atoms with E-state index in [9.17, 15) is 19.7 Å². The first-order valence-electron chi connectivity index (χ1n) is 9.39. The summed E-state index contributed by atoms with van der Waals surface area (Å²) in [5.41, 5.74) is 0.533. The average Bonchev–Trinajstić information content (AvgIpc) is 3.35. The number of rotatable bonds is 6. The van der Waals surface area contributed by atoms with E-state index < -0.39 is 16.1 Å². The number of carbonyl (C=O) groups excluding carboxylic acids is 2. The zero-order valence-corrected chi connectivity index (χ0v) is 19.2. The number of imide groups is 1. The Balaban J connectivity index is 1.60. The number of hydrogen-bond donors (Lipinski definition) is 0. The molecular weight excluding hydrogens is 491 g/mol. The van der Waals surface area contributed by atoms with Crippen LogP contribution in [0, 0.1) is 10.1 Å². The van der Waals surface area contributed by atoms with Gasteiger partial charge in [-0.1, -0.05) is 29.3 Å². The summed E-state index contributed by atoms with van der Waals surface area (Å²) in [5, 5.41) is 11.7. The molecule has 4 rings (SSSR count). The maximum absolute atomic E-state index is 12.8. The van der Waals surface area contributed by atoms with Crippen LogP contribution in [0.15, 0.2) is 57.9 Å². The van der Waals surface area contributed by atoms with E-state index >= 15 is 0 Å². The van der Waals surface area contributed by atoms with Gasteiger partial charge in [0.2, 0.25) is 0 Å². The van der Waals surface area contributed by atoms with E-state index in [-0.39, 0.29) is 34.2 Å². The van der Waals surface area contributed by atoms with Crippen molar-refractivity contribution in [3.8, 4) is 17.1 Å². The minimum absolute atomic E-state index is 0.0675. The van der Waals surface area contributed by atoms with Crippen LogP contribution in [0.3, 0.4) is 0 Å². The van der Waals surface area contributed by atoms with Crippen molar-refractivity contribution in [3.05, 3.63) is 84.9 Å². The van der Waals surface area contributed by atoms with Crippen LogP contribution in [0.1, 0.15) is 11.3 Å². The van der Waals surface area contributed by atoms with Gasteiger partial charge in [0.15, 0.2) is 0 Å². The number of furan rings is 1. The lowest BCUT2D eigenvalue weighted by atomic mass is 10.1. The van der Waals surface area contributed by atoms with Crippen LogP contribution in [0.5, 0.6) is 5.75 Å². The zero-order valence-electron chi connectivity index (χ0n) is 16.9. The summed E-state index contributed by atoms with van der Waals surface area (Å²) in [6.45, 7) is -0.0675. The van der Waals surface area contributed by atoms with Crippen LogP contribution in [-0.2, 0) is 11.3 Å². The molecule has 33 heavy (non-hydrogen) atoms. The number of nitrogens with zero attached hydrogens (tertiary/aromatic N) is 2. The summed E-state index contributed by atoms with van der Waals surface area (Å²) in [4.78, 5) is 37.4. The van der Waals surface area contributed by atoms with Crippen molar-refractivity contribution in [1.29, 1.82) is 0 Å². The van der Waals surface area contributed by atoms with Gasteiger partial charge in [0.25, 0.3) is 16.8 Å². The third-order valence-electron chi connectivity index (χ3n) is 4.82. The van der Waals surface area contributed by atoms with Gasteiger partial charge in [0.1, 0.15) is 17.3 Å². The molecule has 11 heteroatoms. The van der Waals surface area contributed by atoms with Gasteiger partial charge >= 0.3 is 0 Å². The standard InChI is InChI=1S/C22H14Cl2N2O6S/c1-31-12-5-7-14(18(9-12)26(29)30)19-8-6-13(32-19)10-20-21(27)25(22(28)33-20)11-15-16(23)3-2-4-17(15)24/h2-10H,11H2,1H3/b20-10-. The van der Waals surface area contributed by atoms with Crippen LogP contribution in [0.2, 0.25) is 10.0 Å². The summed E-state index contributed by atoms with van der Waals surface area (Å²) in [5.74, 6) is 0.313. The molecule has 0 radical (unpaired) electrons. The Bertz CT molecular complexity index is 1300. The van der Waals surface area contributed by atoms with Gasteiger partial charge < -0.3 is 9.15 Å². The SMILES string of the molecule is COc1ccc(-c2ccc(/C=C3\SC(=O)N(Cc4c(Cl)cccc4Cl)C3=O)o2)c([N+](=O)[O-])c1. The summed E-state index contributed by atoms with van der Waals surface area (Å²) in [6, 6.07) is 12.4. The number of thioether (sulfide) groups is 1. The molecule has 0 aliphatic carbocycles. The molecule has 1 aromatic heterocycles. The van der Waals surface area contributed by atoms with Crippen molar-refractivity contribution in [3.63, 3.8) is 0 Å². The molecule has 1 aliphatic heterocycles. The van der Waals surface area contributed by atoms with Gasteiger partial charge in [-0.25, -0.2) is 0 Å². The molecule has 0 spiro atoms. The van der Waals surface area contributed by atoms with Gasteiger partial charge in [-0.2, -0.15) is 0 Å². The fourth-order valence-electron chi connectivity index (χ4n) is 3.18. The number of nitro benzene ring substituents is 1. The Kier molecular flexibility index (Phi) is 6.46. The number of nitro groups is 1. The quantitative estimate of drug-likeness (QED) is 0.217. The van der Waals surface area contributed by atoms with E-state index in [0.29, 0.717) is 21.4 Å². The lowest BCUT2D eigenvalue weighted by molar-refractivity contribution is -0.384. The van der Waals surface area contributed by atoms with E-state index in [4.69, 9.17) is 32.4 Å². The van der Waals surface area contributed by atoms with E-state index in [1.54, 1.807) is 36.4 Å². The second-order valence-electron chi connectivity index (χ2n) is 6.81. The predicted molar refractivity (Wildman–Crippen MR) is 125 cm³/mol. The molecule has 2 heterocycles. The molecule has 2 amide bonds. The molecule has 0 atom stereocenters. The Morgan fingerprint density at radius 2 is 1.88 bits per heavy atom. The molecule has 3 aromatic rings. The smallest absolute Gasteiger partial charge is 0.293 e. The number of hydrogen-bond acceptors (Lipinski definition) is 7. The fourth-order valence-corrected chi connectivity index (χ4v) is 4.52. The first-order chi connectivity index (χ1) is 15.8. The first kappa shape index (κ1) is 22.9. The third-order valence-corrected chi connectivity index (χ3v) is 6.43. The zero-order chi connectivity index (χ0) is 23.7. The normalized spacial score (nSPS) is 14.9. The highest BCUT2D eigenvalue weighted by atomic mass is 35.5. The maximum atomic E-state index is 12.8. The number of amides is 2. The Morgan fingerprint density at radius 3 is 2.55 bits per heavy atom. The van der Waals surface area contributed by atoms with Crippen LogP contribution in [-0.4, -0.2) is 28.1 Å². The number of methoxy groups -OCH3 is 1. The molecule has 168 valence electrons. The van der Waals surface area contributed by atoms with Gasteiger partial charge in [-0.05, 0) is 48.2 Å². The van der Waals surface area contributed by atoms with Crippen LogP contribution in [0.25, 0.3) is 17.4 Å². The largest absolute Gasteiger partial charge is 0.497 e. The lowest BCUT2D eigenvalue weighted by Gasteiger charge is -2.14. The van der Waals surface area contributed by atoms with Gasteiger partial charge in [0.05, 0.1) is 35.1 Å². The molecule has 0 saturated carbocycles. The van der Waals surface area contributed by atoms with Gasteiger partial charge in [-0.15, -0.1) is 0 Å². The topological polar surface area (TPSA) is 103 Å². The van der Waals surface area contributed by atoms with Crippen molar-refractivity contribution in [2.24, 2.45) is 0 Å².